The number of aromatic nitrogens is 2. The van der Waals surface area contributed by atoms with Gasteiger partial charge in [-0.2, -0.15) is 0 Å². The van der Waals surface area contributed by atoms with E-state index in [-0.39, 0.29) is 23.3 Å². The van der Waals surface area contributed by atoms with Crippen LogP contribution in [0.4, 0.5) is 0 Å². The van der Waals surface area contributed by atoms with Crippen molar-refractivity contribution < 1.29 is 31.0 Å². The van der Waals surface area contributed by atoms with E-state index in [1.807, 2.05) is 0 Å². The zero-order valence-corrected chi connectivity index (χ0v) is 14.3. The maximum Gasteiger partial charge on any atom is 0.189 e. The summed E-state index contributed by atoms with van der Waals surface area (Å²) in [5.74, 6) is 0. The number of pyridine rings is 1. The minimum absolute atomic E-state index is 0. The zero-order valence-electron chi connectivity index (χ0n) is 12.7. The average Bonchev–Trinajstić information content (AvgIpc) is 3.23. The number of nitrogens with one attached hydrogen (secondary N) is 1. The highest BCUT2D eigenvalue weighted by Gasteiger charge is 2.20. The van der Waals surface area contributed by atoms with E-state index in [0.717, 1.165) is 18.5 Å². The molecule has 0 atom stereocenters. The molecule has 4 rings (SSSR count). The van der Waals surface area contributed by atoms with Crippen LogP contribution >= 0.6 is 0 Å². The van der Waals surface area contributed by atoms with Crippen LogP contribution in [-0.2, 0) is 22.4 Å². The standard InChI is InChI=1S/C18H19N2O2.BrH/c1-2-6-17-16(5-1)14(12-19-17)7-9-20-8-3-4-15(13-20)18-21-10-11-22-18;/h1-6,8,12-13,18-19H,7,9-11H2;1H/q+1;/p-1. The minimum Gasteiger partial charge on any atom is -1.00 e. The smallest absolute Gasteiger partial charge is 0.189 e. The molecule has 0 saturated carbocycles. The molecule has 0 aliphatic carbocycles. The first-order chi connectivity index (χ1) is 10.9. The third-order valence-corrected chi connectivity index (χ3v) is 4.09. The van der Waals surface area contributed by atoms with E-state index in [2.05, 4.69) is 64.5 Å². The normalized spacial score (nSPS) is 15.0. The number of para-hydroxylation sites is 1. The van der Waals surface area contributed by atoms with Crippen LogP contribution < -0.4 is 21.5 Å². The van der Waals surface area contributed by atoms with Crippen molar-refractivity contribution in [2.24, 2.45) is 0 Å². The number of ether oxygens (including phenoxy) is 2. The van der Waals surface area contributed by atoms with Gasteiger partial charge < -0.3 is 31.4 Å². The van der Waals surface area contributed by atoms with Crippen LogP contribution in [0.1, 0.15) is 17.4 Å². The van der Waals surface area contributed by atoms with Gasteiger partial charge in [-0.3, -0.25) is 0 Å². The van der Waals surface area contributed by atoms with Crippen LogP contribution in [0.3, 0.4) is 0 Å². The molecule has 0 amide bonds. The Bertz CT molecular complexity index is 781. The molecule has 0 radical (unpaired) electrons. The number of H-pyrrole nitrogens is 1. The molecule has 1 fully saturated rings. The molecule has 5 heteroatoms. The van der Waals surface area contributed by atoms with Crippen LogP contribution in [0, 0.1) is 0 Å². The van der Waals surface area contributed by atoms with Crippen LogP contribution in [-0.4, -0.2) is 18.2 Å². The lowest BCUT2D eigenvalue weighted by atomic mass is 10.1. The van der Waals surface area contributed by atoms with Gasteiger partial charge in [0.2, 0.25) is 0 Å². The van der Waals surface area contributed by atoms with E-state index in [4.69, 9.17) is 9.47 Å². The van der Waals surface area contributed by atoms with Crippen molar-refractivity contribution in [3.8, 4) is 0 Å². The van der Waals surface area contributed by atoms with E-state index in [9.17, 15) is 0 Å². The SMILES string of the molecule is [Br-].c1ccc2c(CC[n+]3cccc(C4OCCO4)c3)c[nH]c2c1. The molecule has 4 nitrogen and oxygen atoms in total. The molecular formula is C18H19BrN2O2. The second kappa shape index (κ2) is 7.25. The maximum absolute atomic E-state index is 5.56. The summed E-state index contributed by atoms with van der Waals surface area (Å²) in [7, 11) is 0. The summed E-state index contributed by atoms with van der Waals surface area (Å²) in [6.07, 6.45) is 7.10. The van der Waals surface area contributed by atoms with E-state index >= 15 is 0 Å². The summed E-state index contributed by atoms with van der Waals surface area (Å²) in [4.78, 5) is 3.33. The van der Waals surface area contributed by atoms with Gasteiger partial charge in [-0.05, 0) is 17.7 Å². The number of fused-ring (bicyclic) bond motifs is 1. The molecule has 1 aromatic carbocycles. The average molecular weight is 375 g/mol. The van der Waals surface area contributed by atoms with Gasteiger partial charge in [-0.25, -0.2) is 4.57 Å². The first-order valence-electron chi connectivity index (χ1n) is 7.67. The molecule has 2 aromatic heterocycles. The fourth-order valence-electron chi connectivity index (χ4n) is 2.96. The number of hydrogen-bond acceptors (Lipinski definition) is 2. The highest BCUT2D eigenvalue weighted by molar-refractivity contribution is 5.82. The fourth-order valence-corrected chi connectivity index (χ4v) is 2.96. The lowest BCUT2D eigenvalue weighted by Gasteiger charge is -2.07. The molecule has 3 aromatic rings. The number of halogens is 1. The topological polar surface area (TPSA) is 38.1 Å². The Kier molecular flexibility index (Phi) is 5.10. The van der Waals surface area contributed by atoms with Crippen molar-refractivity contribution in [2.75, 3.05) is 13.2 Å². The fraction of sp³-hybridized carbons (Fsp3) is 0.278. The number of rotatable bonds is 4. The van der Waals surface area contributed by atoms with Gasteiger partial charge in [0.25, 0.3) is 0 Å². The lowest BCUT2D eigenvalue weighted by molar-refractivity contribution is -0.697. The summed E-state index contributed by atoms with van der Waals surface area (Å²) in [5, 5.41) is 1.31. The van der Waals surface area contributed by atoms with Crippen molar-refractivity contribution >= 4 is 10.9 Å². The Balaban J connectivity index is 0.00000156. The van der Waals surface area contributed by atoms with E-state index in [1.165, 1.54) is 16.5 Å². The predicted octanol–water partition coefficient (Wildman–Crippen LogP) is -0.252. The number of benzene rings is 1. The highest BCUT2D eigenvalue weighted by Crippen LogP contribution is 2.21. The summed E-state index contributed by atoms with van der Waals surface area (Å²) < 4.78 is 13.3. The number of aryl methyl sites for hydroxylation is 2. The molecule has 1 aliphatic heterocycles. The molecule has 1 aliphatic rings. The Labute approximate surface area is 145 Å². The van der Waals surface area contributed by atoms with E-state index in [1.54, 1.807) is 0 Å². The first kappa shape index (κ1) is 16.2. The van der Waals surface area contributed by atoms with Gasteiger partial charge in [0.15, 0.2) is 25.2 Å². The molecular weight excluding hydrogens is 356 g/mol. The highest BCUT2D eigenvalue weighted by atomic mass is 79.9. The van der Waals surface area contributed by atoms with Gasteiger partial charge in [-0.1, -0.05) is 18.2 Å². The molecule has 0 unspecified atom stereocenters. The lowest BCUT2D eigenvalue weighted by Crippen LogP contribution is -3.00. The van der Waals surface area contributed by atoms with E-state index in [0.29, 0.717) is 13.2 Å². The van der Waals surface area contributed by atoms with Gasteiger partial charge >= 0.3 is 0 Å². The maximum atomic E-state index is 5.56. The molecule has 120 valence electrons. The molecule has 1 saturated heterocycles. The third kappa shape index (κ3) is 3.47. The predicted molar refractivity (Wildman–Crippen MR) is 83.3 cm³/mol. The van der Waals surface area contributed by atoms with E-state index < -0.39 is 0 Å². The summed E-state index contributed by atoms with van der Waals surface area (Å²) >= 11 is 0. The van der Waals surface area contributed by atoms with Crippen LogP contribution in [0.5, 0.6) is 0 Å². The zero-order chi connectivity index (χ0) is 14.8. The Morgan fingerprint density at radius 3 is 2.78 bits per heavy atom. The van der Waals surface area contributed by atoms with Crippen molar-refractivity contribution in [1.29, 1.82) is 0 Å². The Hall–Kier alpha value is -1.69. The second-order valence-electron chi connectivity index (χ2n) is 5.56. The molecule has 23 heavy (non-hydrogen) atoms. The van der Waals surface area contributed by atoms with Crippen LogP contribution in [0.2, 0.25) is 0 Å². The minimum atomic E-state index is -0.208. The van der Waals surface area contributed by atoms with Gasteiger partial charge in [0.1, 0.15) is 0 Å². The largest absolute Gasteiger partial charge is 1.00 e. The second-order valence-corrected chi connectivity index (χ2v) is 5.56. The van der Waals surface area contributed by atoms with Crippen LogP contribution in [0.25, 0.3) is 10.9 Å². The molecule has 0 spiro atoms. The Morgan fingerprint density at radius 1 is 1.09 bits per heavy atom. The van der Waals surface area contributed by atoms with Crippen molar-refractivity contribution in [1.82, 2.24) is 4.98 Å². The summed E-state index contributed by atoms with van der Waals surface area (Å²) in [6, 6.07) is 12.5. The summed E-state index contributed by atoms with van der Waals surface area (Å²) in [5.41, 5.74) is 3.63. The van der Waals surface area contributed by atoms with Crippen molar-refractivity contribution in [3.63, 3.8) is 0 Å². The number of aromatic amines is 1. The van der Waals surface area contributed by atoms with Crippen molar-refractivity contribution in [3.05, 3.63) is 66.1 Å². The monoisotopic (exact) mass is 374 g/mol. The first-order valence-corrected chi connectivity index (χ1v) is 7.67. The van der Waals surface area contributed by atoms with Gasteiger partial charge in [0.05, 0.1) is 18.8 Å². The number of hydrogen-bond donors (Lipinski definition) is 1. The molecule has 3 heterocycles. The summed E-state index contributed by atoms with van der Waals surface area (Å²) in [6.45, 7) is 2.28. The molecule has 0 bridgehead atoms. The quantitative estimate of drug-likeness (QED) is 0.639. The van der Waals surface area contributed by atoms with Crippen LogP contribution in [0.15, 0.2) is 55.0 Å². The van der Waals surface area contributed by atoms with Gasteiger partial charge in [0, 0.05) is 29.6 Å². The molecule has 1 N–H and O–H groups in total. The Morgan fingerprint density at radius 2 is 1.91 bits per heavy atom. The third-order valence-electron chi connectivity index (χ3n) is 4.09. The number of nitrogens with zero attached hydrogens (tertiary/aromatic N) is 1. The van der Waals surface area contributed by atoms with Gasteiger partial charge in [-0.15, -0.1) is 0 Å². The van der Waals surface area contributed by atoms with Crippen molar-refractivity contribution in [2.45, 2.75) is 19.3 Å².